The molecular weight excluding hydrogens is 216 g/mol. The third-order valence-electron chi connectivity index (χ3n) is 2.39. The number of carbonyl (C=O) groups is 1. The molecule has 0 unspecified atom stereocenters. The lowest BCUT2D eigenvalue weighted by atomic mass is 10.1. The highest BCUT2D eigenvalue weighted by molar-refractivity contribution is 5.73. The summed E-state index contributed by atoms with van der Waals surface area (Å²) in [6, 6.07) is 10.0. The number of aliphatic hydroxyl groups excluding tert-OH is 1. The molecule has 0 aliphatic rings. The van der Waals surface area contributed by atoms with Gasteiger partial charge in [0, 0.05) is 19.7 Å². The van der Waals surface area contributed by atoms with Gasteiger partial charge in [0.1, 0.15) is 0 Å². The number of rotatable bonds is 7. The highest BCUT2D eigenvalue weighted by Crippen LogP contribution is 2.01. The molecule has 17 heavy (non-hydrogen) atoms. The van der Waals surface area contributed by atoms with Crippen LogP contribution in [0.3, 0.4) is 0 Å². The fourth-order valence-electron chi connectivity index (χ4n) is 1.48. The van der Waals surface area contributed by atoms with Gasteiger partial charge in [-0.3, -0.25) is 0 Å². The second kappa shape index (κ2) is 8.58. The maximum atomic E-state index is 11.2. The summed E-state index contributed by atoms with van der Waals surface area (Å²) in [5, 5.41) is 14.0. The number of nitrogens with one attached hydrogen (secondary N) is 2. The van der Waals surface area contributed by atoms with Crippen LogP contribution in [0, 0.1) is 0 Å². The summed E-state index contributed by atoms with van der Waals surface area (Å²) in [6.45, 7) is 1.29. The first-order valence-corrected chi connectivity index (χ1v) is 5.99. The van der Waals surface area contributed by atoms with Crippen molar-refractivity contribution >= 4 is 6.03 Å². The molecule has 4 heteroatoms. The molecule has 3 N–H and O–H groups in total. The smallest absolute Gasteiger partial charge is 0.314 e. The van der Waals surface area contributed by atoms with Crippen LogP contribution in [0.1, 0.15) is 18.4 Å². The van der Waals surface area contributed by atoms with Crippen LogP contribution in [0.15, 0.2) is 30.3 Å². The summed E-state index contributed by atoms with van der Waals surface area (Å²) >= 11 is 0. The van der Waals surface area contributed by atoms with Gasteiger partial charge in [0.15, 0.2) is 0 Å². The third-order valence-corrected chi connectivity index (χ3v) is 2.39. The molecule has 1 aromatic rings. The van der Waals surface area contributed by atoms with Crippen molar-refractivity contribution in [3.63, 3.8) is 0 Å². The van der Waals surface area contributed by atoms with Gasteiger partial charge in [0.2, 0.25) is 0 Å². The predicted molar refractivity (Wildman–Crippen MR) is 67.9 cm³/mol. The summed E-state index contributed by atoms with van der Waals surface area (Å²) < 4.78 is 0. The van der Waals surface area contributed by atoms with Crippen LogP contribution >= 0.6 is 0 Å². The molecule has 0 aliphatic carbocycles. The first-order chi connectivity index (χ1) is 8.33. The zero-order valence-corrected chi connectivity index (χ0v) is 9.98. The highest BCUT2D eigenvalue weighted by atomic mass is 16.3. The van der Waals surface area contributed by atoms with Crippen LogP contribution in [-0.2, 0) is 6.42 Å². The molecule has 1 aromatic carbocycles. The zero-order chi connectivity index (χ0) is 12.3. The van der Waals surface area contributed by atoms with E-state index in [0.717, 1.165) is 12.8 Å². The van der Waals surface area contributed by atoms with Gasteiger partial charge in [0.25, 0.3) is 0 Å². The molecular formula is C13H20N2O2. The summed E-state index contributed by atoms with van der Waals surface area (Å²) in [4.78, 5) is 11.2. The van der Waals surface area contributed by atoms with Crippen molar-refractivity contribution in [3.8, 4) is 0 Å². The molecule has 0 atom stereocenters. The molecule has 0 aromatic heterocycles. The zero-order valence-electron chi connectivity index (χ0n) is 9.98. The van der Waals surface area contributed by atoms with Crippen molar-refractivity contribution in [2.45, 2.75) is 19.3 Å². The van der Waals surface area contributed by atoms with E-state index in [-0.39, 0.29) is 12.6 Å². The van der Waals surface area contributed by atoms with Crippen molar-refractivity contribution < 1.29 is 9.90 Å². The van der Waals surface area contributed by atoms with Gasteiger partial charge in [0.05, 0.1) is 0 Å². The van der Waals surface area contributed by atoms with E-state index in [1.54, 1.807) is 0 Å². The first kappa shape index (κ1) is 13.5. The molecule has 0 radical (unpaired) electrons. The molecule has 0 saturated heterocycles. The molecule has 2 amide bonds. The van der Waals surface area contributed by atoms with E-state index in [4.69, 9.17) is 5.11 Å². The average molecular weight is 236 g/mol. The van der Waals surface area contributed by atoms with Gasteiger partial charge in [-0.1, -0.05) is 30.3 Å². The van der Waals surface area contributed by atoms with E-state index in [1.165, 1.54) is 5.56 Å². The van der Waals surface area contributed by atoms with E-state index in [2.05, 4.69) is 22.8 Å². The van der Waals surface area contributed by atoms with Crippen molar-refractivity contribution in [1.29, 1.82) is 0 Å². The predicted octanol–water partition coefficient (Wildman–Crippen LogP) is 1.30. The molecule has 0 saturated carbocycles. The van der Waals surface area contributed by atoms with Gasteiger partial charge in [-0.25, -0.2) is 4.79 Å². The van der Waals surface area contributed by atoms with Crippen LogP contribution in [0.2, 0.25) is 0 Å². The number of carbonyl (C=O) groups excluding carboxylic acids is 1. The molecule has 1 rings (SSSR count). The minimum atomic E-state index is -0.161. The second-order valence-corrected chi connectivity index (χ2v) is 3.85. The maximum absolute atomic E-state index is 11.2. The fourth-order valence-corrected chi connectivity index (χ4v) is 1.48. The molecule has 0 fully saturated rings. The minimum absolute atomic E-state index is 0.105. The Hall–Kier alpha value is -1.55. The molecule has 4 nitrogen and oxygen atoms in total. The molecule has 94 valence electrons. The van der Waals surface area contributed by atoms with Gasteiger partial charge in [-0.05, 0) is 24.8 Å². The van der Waals surface area contributed by atoms with E-state index in [1.807, 2.05) is 18.2 Å². The quantitative estimate of drug-likeness (QED) is 0.625. The number of hydrogen-bond acceptors (Lipinski definition) is 2. The van der Waals surface area contributed by atoms with E-state index in [0.29, 0.717) is 19.5 Å². The normalized spacial score (nSPS) is 9.94. The first-order valence-electron chi connectivity index (χ1n) is 5.99. The Balaban J connectivity index is 2.02. The van der Waals surface area contributed by atoms with Crippen LogP contribution in [-0.4, -0.2) is 30.8 Å². The van der Waals surface area contributed by atoms with Crippen molar-refractivity contribution in [2.75, 3.05) is 19.7 Å². The number of hydrogen-bond donors (Lipinski definition) is 3. The standard InChI is InChI=1S/C13H20N2O2/c16-11-5-10-15-13(17)14-9-4-8-12-6-2-1-3-7-12/h1-3,6-7,16H,4-5,8-11H2,(H2,14,15,17). The Morgan fingerprint density at radius 2 is 1.71 bits per heavy atom. The number of amides is 2. The Bertz CT molecular complexity index is 314. The minimum Gasteiger partial charge on any atom is -0.396 e. The lowest BCUT2D eigenvalue weighted by molar-refractivity contribution is 0.238. The number of aryl methyl sites for hydroxylation is 1. The van der Waals surface area contributed by atoms with Gasteiger partial charge >= 0.3 is 6.03 Å². The Morgan fingerprint density at radius 3 is 2.35 bits per heavy atom. The molecule has 0 aliphatic heterocycles. The summed E-state index contributed by atoms with van der Waals surface area (Å²) in [5.74, 6) is 0. The Morgan fingerprint density at radius 1 is 1.06 bits per heavy atom. The highest BCUT2D eigenvalue weighted by Gasteiger charge is 1.98. The van der Waals surface area contributed by atoms with Crippen LogP contribution < -0.4 is 10.6 Å². The maximum Gasteiger partial charge on any atom is 0.314 e. The fraction of sp³-hybridized carbons (Fsp3) is 0.462. The van der Waals surface area contributed by atoms with Crippen molar-refractivity contribution in [1.82, 2.24) is 10.6 Å². The monoisotopic (exact) mass is 236 g/mol. The van der Waals surface area contributed by atoms with E-state index < -0.39 is 0 Å². The van der Waals surface area contributed by atoms with E-state index in [9.17, 15) is 4.79 Å². The van der Waals surface area contributed by atoms with E-state index >= 15 is 0 Å². The SMILES string of the molecule is O=C(NCCCO)NCCCc1ccccc1. The van der Waals surface area contributed by atoms with Gasteiger partial charge < -0.3 is 15.7 Å². The Labute approximate surface area is 102 Å². The lowest BCUT2D eigenvalue weighted by Crippen LogP contribution is -2.36. The summed E-state index contributed by atoms with van der Waals surface area (Å²) in [5.41, 5.74) is 1.29. The Kier molecular flexibility index (Phi) is 6.82. The lowest BCUT2D eigenvalue weighted by Gasteiger charge is -2.06. The summed E-state index contributed by atoms with van der Waals surface area (Å²) in [7, 11) is 0. The largest absolute Gasteiger partial charge is 0.396 e. The van der Waals surface area contributed by atoms with Crippen molar-refractivity contribution in [2.24, 2.45) is 0 Å². The van der Waals surface area contributed by atoms with Gasteiger partial charge in [-0.2, -0.15) is 0 Å². The average Bonchev–Trinajstić information content (AvgIpc) is 2.36. The van der Waals surface area contributed by atoms with Crippen molar-refractivity contribution in [3.05, 3.63) is 35.9 Å². The number of benzene rings is 1. The topological polar surface area (TPSA) is 61.4 Å². The molecule has 0 heterocycles. The summed E-state index contributed by atoms with van der Waals surface area (Å²) in [6.07, 6.45) is 2.49. The van der Waals surface area contributed by atoms with Crippen LogP contribution in [0.4, 0.5) is 4.79 Å². The number of aliphatic hydroxyl groups is 1. The number of urea groups is 1. The third kappa shape index (κ3) is 6.58. The van der Waals surface area contributed by atoms with Gasteiger partial charge in [-0.15, -0.1) is 0 Å². The van der Waals surface area contributed by atoms with Crippen LogP contribution in [0.25, 0.3) is 0 Å². The molecule has 0 bridgehead atoms. The second-order valence-electron chi connectivity index (χ2n) is 3.85. The molecule has 0 spiro atoms. The van der Waals surface area contributed by atoms with Crippen LogP contribution in [0.5, 0.6) is 0 Å².